The van der Waals surface area contributed by atoms with Crippen LogP contribution in [0.3, 0.4) is 0 Å². The molecule has 2 rings (SSSR count). The molecule has 0 amide bonds. The SMILES string of the molecule is Fc1cc(Nc2c(Cl)cccc2Cl)ccn1. The van der Waals surface area contributed by atoms with Crippen LogP contribution in [0, 0.1) is 5.95 Å². The van der Waals surface area contributed by atoms with Crippen LogP contribution in [0.5, 0.6) is 0 Å². The predicted octanol–water partition coefficient (Wildman–Crippen LogP) is 4.27. The molecule has 0 saturated heterocycles. The number of benzene rings is 1. The van der Waals surface area contributed by atoms with Crippen LogP contribution in [-0.4, -0.2) is 4.98 Å². The van der Waals surface area contributed by atoms with Gasteiger partial charge in [-0.15, -0.1) is 0 Å². The van der Waals surface area contributed by atoms with Crippen LogP contribution >= 0.6 is 23.2 Å². The smallest absolute Gasteiger partial charge is 0.214 e. The number of nitrogens with zero attached hydrogens (tertiary/aromatic N) is 1. The van der Waals surface area contributed by atoms with Crippen LogP contribution in [0.4, 0.5) is 15.8 Å². The van der Waals surface area contributed by atoms with Crippen molar-refractivity contribution in [2.45, 2.75) is 0 Å². The number of pyridine rings is 1. The lowest BCUT2D eigenvalue weighted by atomic mass is 10.3. The van der Waals surface area contributed by atoms with Crippen molar-refractivity contribution in [2.24, 2.45) is 0 Å². The predicted molar refractivity (Wildman–Crippen MR) is 63.9 cm³/mol. The molecule has 1 aromatic carbocycles. The Morgan fingerprint density at radius 1 is 1.12 bits per heavy atom. The summed E-state index contributed by atoms with van der Waals surface area (Å²) >= 11 is 11.9. The van der Waals surface area contributed by atoms with E-state index in [2.05, 4.69) is 10.3 Å². The van der Waals surface area contributed by atoms with E-state index in [9.17, 15) is 4.39 Å². The molecule has 2 aromatic rings. The minimum absolute atomic E-state index is 0.477. The average Bonchev–Trinajstić information content (AvgIpc) is 2.24. The third-order valence-corrected chi connectivity index (χ3v) is 2.59. The summed E-state index contributed by atoms with van der Waals surface area (Å²) in [5, 5.41) is 3.89. The Kier molecular flexibility index (Phi) is 3.27. The first-order chi connectivity index (χ1) is 7.66. The van der Waals surface area contributed by atoms with E-state index in [1.807, 2.05) is 0 Å². The van der Waals surface area contributed by atoms with Crippen LogP contribution in [0.2, 0.25) is 10.0 Å². The third-order valence-electron chi connectivity index (χ3n) is 1.96. The Bertz CT molecular complexity index is 497. The molecular formula is C11H7Cl2FN2. The zero-order valence-electron chi connectivity index (χ0n) is 8.05. The zero-order chi connectivity index (χ0) is 11.5. The standard InChI is InChI=1S/C11H7Cl2FN2/c12-8-2-1-3-9(13)11(8)16-7-4-5-15-10(14)6-7/h1-6H,(H,15,16). The summed E-state index contributed by atoms with van der Waals surface area (Å²) in [6.07, 6.45) is 1.36. The van der Waals surface area contributed by atoms with Gasteiger partial charge in [0.15, 0.2) is 0 Å². The molecule has 82 valence electrons. The molecule has 1 N–H and O–H groups in total. The Balaban J connectivity index is 2.34. The van der Waals surface area contributed by atoms with Crippen LogP contribution in [0.25, 0.3) is 0 Å². The van der Waals surface area contributed by atoms with Crippen LogP contribution in [0.1, 0.15) is 0 Å². The molecule has 16 heavy (non-hydrogen) atoms. The Hall–Kier alpha value is -1.32. The highest BCUT2D eigenvalue weighted by Gasteiger charge is 2.05. The maximum absolute atomic E-state index is 12.9. The number of nitrogens with one attached hydrogen (secondary N) is 1. The third kappa shape index (κ3) is 2.43. The van der Waals surface area contributed by atoms with Gasteiger partial charge < -0.3 is 5.32 Å². The molecule has 0 spiro atoms. The van der Waals surface area contributed by atoms with Crippen molar-refractivity contribution in [3.8, 4) is 0 Å². The summed E-state index contributed by atoms with van der Waals surface area (Å²) in [6.45, 7) is 0. The lowest BCUT2D eigenvalue weighted by molar-refractivity contribution is 0.584. The van der Waals surface area contributed by atoms with Crippen molar-refractivity contribution < 1.29 is 4.39 Å². The highest BCUT2D eigenvalue weighted by atomic mass is 35.5. The van der Waals surface area contributed by atoms with Crippen molar-refractivity contribution in [2.75, 3.05) is 5.32 Å². The lowest BCUT2D eigenvalue weighted by Crippen LogP contribution is -1.93. The van der Waals surface area contributed by atoms with Crippen LogP contribution in [0.15, 0.2) is 36.5 Å². The van der Waals surface area contributed by atoms with Crippen molar-refractivity contribution in [3.05, 3.63) is 52.5 Å². The summed E-state index contributed by atoms with van der Waals surface area (Å²) in [7, 11) is 0. The van der Waals surface area contributed by atoms with E-state index in [0.29, 0.717) is 21.4 Å². The maximum atomic E-state index is 12.9. The first-order valence-corrected chi connectivity index (χ1v) is 5.25. The van der Waals surface area contributed by atoms with Gasteiger partial charge in [-0.3, -0.25) is 0 Å². The topological polar surface area (TPSA) is 24.9 Å². The first-order valence-electron chi connectivity index (χ1n) is 4.49. The Morgan fingerprint density at radius 2 is 1.81 bits per heavy atom. The molecule has 0 aliphatic rings. The maximum Gasteiger partial charge on any atom is 0.214 e. The van der Waals surface area contributed by atoms with Gasteiger partial charge >= 0.3 is 0 Å². The molecular weight excluding hydrogens is 250 g/mol. The summed E-state index contributed by atoms with van der Waals surface area (Å²) in [5.74, 6) is -0.562. The fraction of sp³-hybridized carbons (Fsp3) is 0. The fourth-order valence-electron chi connectivity index (χ4n) is 1.24. The van der Waals surface area contributed by atoms with Crippen LogP contribution < -0.4 is 5.32 Å². The molecule has 0 unspecified atom stereocenters. The Labute approximate surface area is 102 Å². The van der Waals surface area contributed by atoms with Crippen molar-refractivity contribution in [3.63, 3.8) is 0 Å². The molecule has 0 aliphatic carbocycles. The normalized spacial score (nSPS) is 10.2. The molecule has 2 nitrogen and oxygen atoms in total. The number of hydrogen-bond acceptors (Lipinski definition) is 2. The lowest BCUT2D eigenvalue weighted by Gasteiger charge is -2.09. The highest BCUT2D eigenvalue weighted by molar-refractivity contribution is 6.39. The van der Waals surface area contributed by atoms with E-state index in [1.54, 1.807) is 24.3 Å². The molecule has 0 atom stereocenters. The number of rotatable bonds is 2. The van der Waals surface area contributed by atoms with Crippen molar-refractivity contribution >= 4 is 34.6 Å². The number of para-hydroxylation sites is 1. The van der Waals surface area contributed by atoms with E-state index < -0.39 is 5.95 Å². The van der Waals surface area contributed by atoms with Gasteiger partial charge in [-0.1, -0.05) is 29.3 Å². The summed E-state index contributed by atoms with van der Waals surface area (Å²) in [4.78, 5) is 3.45. The Morgan fingerprint density at radius 3 is 2.44 bits per heavy atom. The summed E-state index contributed by atoms with van der Waals surface area (Å²) in [6, 6.07) is 8.03. The van der Waals surface area contributed by atoms with Gasteiger partial charge in [0.05, 0.1) is 15.7 Å². The van der Waals surface area contributed by atoms with E-state index >= 15 is 0 Å². The summed E-state index contributed by atoms with van der Waals surface area (Å²) in [5.41, 5.74) is 1.10. The van der Waals surface area contributed by atoms with Crippen molar-refractivity contribution in [1.82, 2.24) is 4.98 Å². The van der Waals surface area contributed by atoms with E-state index in [-0.39, 0.29) is 0 Å². The molecule has 1 heterocycles. The van der Waals surface area contributed by atoms with Gasteiger partial charge in [-0.25, -0.2) is 4.98 Å². The highest BCUT2D eigenvalue weighted by Crippen LogP contribution is 2.32. The van der Waals surface area contributed by atoms with Gasteiger partial charge in [0.2, 0.25) is 5.95 Å². The number of aromatic nitrogens is 1. The van der Waals surface area contributed by atoms with Gasteiger partial charge in [-0.05, 0) is 18.2 Å². The second kappa shape index (κ2) is 4.68. The largest absolute Gasteiger partial charge is 0.353 e. The molecule has 0 bridgehead atoms. The second-order valence-corrected chi connectivity index (χ2v) is 3.90. The van der Waals surface area contributed by atoms with Gasteiger partial charge in [0.1, 0.15) is 0 Å². The van der Waals surface area contributed by atoms with Crippen molar-refractivity contribution in [1.29, 1.82) is 0 Å². The number of hydrogen-bond donors (Lipinski definition) is 1. The monoisotopic (exact) mass is 256 g/mol. The number of halogens is 3. The zero-order valence-corrected chi connectivity index (χ0v) is 9.56. The minimum Gasteiger partial charge on any atom is -0.353 e. The van der Waals surface area contributed by atoms with Gasteiger partial charge in [0.25, 0.3) is 0 Å². The van der Waals surface area contributed by atoms with Gasteiger partial charge in [-0.2, -0.15) is 4.39 Å². The molecule has 0 fully saturated rings. The van der Waals surface area contributed by atoms with Gasteiger partial charge in [0, 0.05) is 18.0 Å². The minimum atomic E-state index is -0.562. The fourth-order valence-corrected chi connectivity index (χ4v) is 1.73. The van der Waals surface area contributed by atoms with E-state index in [4.69, 9.17) is 23.2 Å². The molecule has 0 aliphatic heterocycles. The summed E-state index contributed by atoms with van der Waals surface area (Å²) < 4.78 is 12.9. The second-order valence-electron chi connectivity index (χ2n) is 3.09. The van der Waals surface area contributed by atoms with E-state index in [1.165, 1.54) is 12.3 Å². The average molecular weight is 257 g/mol. The first kappa shape index (κ1) is 11.2. The number of anilines is 2. The molecule has 0 saturated carbocycles. The molecule has 0 radical (unpaired) electrons. The van der Waals surface area contributed by atoms with Crippen LogP contribution in [-0.2, 0) is 0 Å². The molecule has 5 heteroatoms. The molecule has 1 aromatic heterocycles. The quantitative estimate of drug-likeness (QED) is 0.812. The van der Waals surface area contributed by atoms with E-state index in [0.717, 1.165) is 0 Å².